The molecule has 1 aromatic rings. The maximum absolute atomic E-state index is 12.5. The van der Waals surface area contributed by atoms with Crippen molar-refractivity contribution in [2.45, 2.75) is 19.3 Å². The van der Waals surface area contributed by atoms with Gasteiger partial charge >= 0.3 is 6.18 Å². The number of hydrogen-bond donors (Lipinski definition) is 1. The number of carbonyl (C=O) groups excluding carboxylic acids is 1. The Morgan fingerprint density at radius 2 is 2.06 bits per heavy atom. The molecule has 0 aromatic carbocycles. The van der Waals surface area contributed by atoms with E-state index in [0.717, 1.165) is 4.57 Å². The molecule has 2 rings (SSSR count). The molecule has 9 heteroatoms. The quantitative estimate of drug-likeness (QED) is 0.734. The van der Waals surface area contributed by atoms with Crippen molar-refractivity contribution in [3.05, 3.63) is 11.6 Å². The van der Waals surface area contributed by atoms with Crippen molar-refractivity contribution in [3.8, 4) is 0 Å². The molecule has 1 amide bonds. The fraction of sp³-hybridized carbons (Fsp3) is 0.625. The summed E-state index contributed by atoms with van der Waals surface area (Å²) in [6.45, 7) is 0.0620. The van der Waals surface area contributed by atoms with Crippen LogP contribution in [-0.2, 0) is 24.1 Å². The molecule has 0 atom stereocenters. The van der Waals surface area contributed by atoms with Crippen LogP contribution in [0.1, 0.15) is 11.6 Å². The van der Waals surface area contributed by atoms with Crippen molar-refractivity contribution in [2.24, 2.45) is 5.73 Å². The molecule has 6 nitrogen and oxygen atoms in total. The molecule has 1 aliphatic rings. The Morgan fingerprint density at radius 1 is 1.35 bits per heavy atom. The van der Waals surface area contributed by atoms with Crippen molar-refractivity contribution in [1.29, 1.82) is 0 Å². The van der Waals surface area contributed by atoms with Gasteiger partial charge in [-0.3, -0.25) is 4.79 Å². The van der Waals surface area contributed by atoms with Crippen LogP contribution in [0.25, 0.3) is 0 Å². The molecule has 1 aliphatic heterocycles. The number of alkyl halides is 3. The Balaban J connectivity index is 2.25. The van der Waals surface area contributed by atoms with Crippen LogP contribution in [0.2, 0.25) is 0 Å². The topological polar surface area (TPSA) is 77.0 Å². The number of fused-ring (bicyclic) bond motifs is 1. The highest BCUT2D eigenvalue weighted by atomic mass is 19.4. The van der Waals surface area contributed by atoms with E-state index in [1.165, 1.54) is 4.90 Å². The van der Waals surface area contributed by atoms with E-state index in [4.69, 9.17) is 5.73 Å². The van der Waals surface area contributed by atoms with Crippen molar-refractivity contribution >= 4 is 5.91 Å². The normalized spacial score (nSPS) is 15.9. The van der Waals surface area contributed by atoms with Gasteiger partial charge < -0.3 is 15.2 Å². The minimum atomic E-state index is -4.52. The van der Waals surface area contributed by atoms with Crippen molar-refractivity contribution in [2.75, 3.05) is 13.1 Å². The average molecular weight is 249 g/mol. The second-order valence-corrected chi connectivity index (χ2v) is 3.61. The third-order valence-electron chi connectivity index (χ3n) is 2.53. The van der Waals surface area contributed by atoms with Gasteiger partial charge in [0.2, 0.25) is 11.7 Å². The molecule has 0 spiro atoms. The smallest absolute Gasteiger partial charge is 0.332 e. The predicted molar refractivity (Wildman–Crippen MR) is 49.5 cm³/mol. The zero-order valence-corrected chi connectivity index (χ0v) is 8.74. The van der Waals surface area contributed by atoms with Gasteiger partial charge in [-0.2, -0.15) is 13.2 Å². The maximum atomic E-state index is 12.5. The molecule has 17 heavy (non-hydrogen) atoms. The van der Waals surface area contributed by atoms with E-state index in [2.05, 4.69) is 10.2 Å². The first kappa shape index (κ1) is 11.8. The van der Waals surface area contributed by atoms with Gasteiger partial charge in [-0.25, -0.2) is 0 Å². The van der Waals surface area contributed by atoms with Crippen LogP contribution in [0.15, 0.2) is 0 Å². The fourth-order valence-electron chi connectivity index (χ4n) is 1.71. The summed E-state index contributed by atoms with van der Waals surface area (Å²) in [6, 6.07) is 0. The molecule has 0 saturated carbocycles. The predicted octanol–water partition coefficient (Wildman–Crippen LogP) is -0.402. The summed E-state index contributed by atoms with van der Waals surface area (Å²) in [6.07, 6.45) is -4.52. The minimum absolute atomic E-state index is 0.0130. The van der Waals surface area contributed by atoms with E-state index < -0.39 is 12.0 Å². The molecule has 0 radical (unpaired) electrons. The number of nitrogens with two attached hydrogens (primary N) is 1. The average Bonchev–Trinajstić information content (AvgIpc) is 2.70. The number of aromatic nitrogens is 3. The highest BCUT2D eigenvalue weighted by molar-refractivity contribution is 5.78. The monoisotopic (exact) mass is 249 g/mol. The summed E-state index contributed by atoms with van der Waals surface area (Å²) in [5, 5.41) is 6.56. The van der Waals surface area contributed by atoms with Crippen LogP contribution < -0.4 is 5.73 Å². The molecule has 0 aliphatic carbocycles. The summed E-state index contributed by atoms with van der Waals surface area (Å²) in [5.41, 5.74) is 5.18. The molecule has 0 bridgehead atoms. The highest BCUT2D eigenvalue weighted by Crippen LogP contribution is 2.29. The third kappa shape index (κ3) is 2.09. The van der Waals surface area contributed by atoms with Gasteiger partial charge in [-0.1, -0.05) is 0 Å². The van der Waals surface area contributed by atoms with E-state index in [-0.39, 0.29) is 37.9 Å². The van der Waals surface area contributed by atoms with Crippen LogP contribution in [0, 0.1) is 0 Å². The number of carbonyl (C=O) groups is 1. The number of halogens is 3. The summed E-state index contributed by atoms with van der Waals surface area (Å²) >= 11 is 0. The van der Waals surface area contributed by atoms with E-state index in [1.807, 2.05) is 0 Å². The Hall–Kier alpha value is -1.64. The number of rotatable bonds is 1. The lowest BCUT2D eigenvalue weighted by molar-refractivity contribution is -0.148. The van der Waals surface area contributed by atoms with Gasteiger partial charge in [-0.05, 0) is 0 Å². The number of nitrogens with zero attached hydrogens (tertiary/aromatic N) is 4. The summed E-state index contributed by atoms with van der Waals surface area (Å²) in [4.78, 5) is 12.7. The first-order valence-corrected chi connectivity index (χ1v) is 4.90. The third-order valence-corrected chi connectivity index (χ3v) is 2.53. The zero-order chi connectivity index (χ0) is 12.6. The van der Waals surface area contributed by atoms with Crippen LogP contribution in [-0.4, -0.2) is 38.7 Å². The Bertz CT molecular complexity index is 441. The van der Waals surface area contributed by atoms with E-state index in [1.54, 1.807) is 0 Å². The molecule has 0 saturated heterocycles. The SMILES string of the molecule is NCC(=O)N1CCn2c(nnc2C(F)(F)F)C1. The molecule has 0 unspecified atom stereocenters. The maximum Gasteiger partial charge on any atom is 0.451 e. The number of hydrogen-bond acceptors (Lipinski definition) is 4. The first-order valence-electron chi connectivity index (χ1n) is 4.90. The van der Waals surface area contributed by atoms with Crippen LogP contribution in [0.3, 0.4) is 0 Å². The molecule has 2 heterocycles. The van der Waals surface area contributed by atoms with Gasteiger partial charge in [0.25, 0.3) is 0 Å². The molecular formula is C8H10F3N5O. The highest BCUT2D eigenvalue weighted by Gasteiger charge is 2.39. The lowest BCUT2D eigenvalue weighted by atomic mass is 10.3. The van der Waals surface area contributed by atoms with E-state index in [9.17, 15) is 18.0 Å². The van der Waals surface area contributed by atoms with Gasteiger partial charge in [0.1, 0.15) is 0 Å². The Kier molecular flexibility index (Phi) is 2.77. The summed E-state index contributed by atoms with van der Waals surface area (Å²) < 4.78 is 38.5. The second kappa shape index (κ2) is 3.99. The van der Waals surface area contributed by atoms with Crippen molar-refractivity contribution < 1.29 is 18.0 Å². The van der Waals surface area contributed by atoms with Crippen molar-refractivity contribution in [3.63, 3.8) is 0 Å². The van der Waals surface area contributed by atoms with Crippen LogP contribution in [0.5, 0.6) is 0 Å². The molecule has 2 N–H and O–H groups in total. The lowest BCUT2D eigenvalue weighted by Crippen LogP contribution is -2.42. The zero-order valence-electron chi connectivity index (χ0n) is 8.74. The Labute approximate surface area is 94.2 Å². The van der Waals surface area contributed by atoms with Gasteiger partial charge in [0.15, 0.2) is 5.82 Å². The summed E-state index contributed by atoms with van der Waals surface area (Å²) in [5.74, 6) is -1.20. The van der Waals surface area contributed by atoms with Gasteiger partial charge in [0, 0.05) is 13.1 Å². The lowest BCUT2D eigenvalue weighted by Gasteiger charge is -2.27. The fourth-order valence-corrected chi connectivity index (χ4v) is 1.71. The van der Waals surface area contributed by atoms with Gasteiger partial charge in [-0.15, -0.1) is 10.2 Å². The largest absolute Gasteiger partial charge is 0.451 e. The molecule has 0 fully saturated rings. The van der Waals surface area contributed by atoms with E-state index in [0.29, 0.717) is 0 Å². The van der Waals surface area contributed by atoms with Crippen LogP contribution in [0.4, 0.5) is 13.2 Å². The Morgan fingerprint density at radius 3 is 2.65 bits per heavy atom. The minimum Gasteiger partial charge on any atom is -0.332 e. The van der Waals surface area contributed by atoms with Crippen molar-refractivity contribution in [1.82, 2.24) is 19.7 Å². The standard InChI is InChI=1S/C8H10F3N5O/c9-8(10,11)7-14-13-5-4-15(6(17)3-12)1-2-16(5)7/h1-4,12H2. The summed E-state index contributed by atoms with van der Waals surface area (Å²) in [7, 11) is 0. The first-order chi connectivity index (χ1) is 7.93. The number of amides is 1. The molecule has 94 valence electrons. The molecule has 1 aromatic heterocycles. The van der Waals surface area contributed by atoms with E-state index >= 15 is 0 Å². The van der Waals surface area contributed by atoms with Gasteiger partial charge in [0.05, 0.1) is 13.1 Å². The van der Waals surface area contributed by atoms with Crippen LogP contribution >= 0.6 is 0 Å². The second-order valence-electron chi connectivity index (χ2n) is 3.61. The molecular weight excluding hydrogens is 239 g/mol.